The van der Waals surface area contributed by atoms with Gasteiger partial charge in [0.15, 0.2) is 0 Å². The van der Waals surface area contributed by atoms with Crippen LogP contribution >= 0.6 is 11.5 Å². The topological polar surface area (TPSA) is 55.0 Å². The predicted molar refractivity (Wildman–Crippen MR) is 55.6 cm³/mol. The molecule has 0 aliphatic rings. The highest BCUT2D eigenvalue weighted by atomic mass is 32.1. The lowest BCUT2D eigenvalue weighted by molar-refractivity contribution is 0.317. The highest BCUT2D eigenvalue weighted by molar-refractivity contribution is 7.09. The van der Waals surface area contributed by atoms with E-state index in [1.807, 2.05) is 0 Å². The second kappa shape index (κ2) is 5.14. The van der Waals surface area contributed by atoms with E-state index in [1.54, 1.807) is 0 Å². The van der Waals surface area contributed by atoms with E-state index < -0.39 is 0 Å². The molecule has 4 nitrogen and oxygen atoms in total. The summed E-state index contributed by atoms with van der Waals surface area (Å²) in [5.41, 5.74) is 6.59. The molecular formula is C8H16N4S. The van der Waals surface area contributed by atoms with Crippen LogP contribution in [0.25, 0.3) is 0 Å². The molecule has 0 fully saturated rings. The van der Waals surface area contributed by atoms with E-state index in [0.717, 1.165) is 23.8 Å². The molecule has 0 aromatic carbocycles. The van der Waals surface area contributed by atoms with Crippen LogP contribution in [0.3, 0.4) is 0 Å². The molecule has 74 valence electrons. The Kier molecular flexibility index (Phi) is 4.11. The van der Waals surface area contributed by atoms with E-state index >= 15 is 0 Å². The lowest BCUT2D eigenvalue weighted by Crippen LogP contribution is -2.19. The summed E-state index contributed by atoms with van der Waals surface area (Å²) >= 11 is 1.26. The molecule has 0 bridgehead atoms. The fraction of sp³-hybridized carbons (Fsp3) is 0.750. The Morgan fingerprint density at radius 1 is 1.54 bits per heavy atom. The summed E-state index contributed by atoms with van der Waals surface area (Å²) in [6.07, 6.45) is 2.43. The quantitative estimate of drug-likeness (QED) is 0.779. The Morgan fingerprint density at radius 3 is 2.85 bits per heavy atom. The van der Waals surface area contributed by atoms with Gasteiger partial charge in [0.2, 0.25) is 0 Å². The van der Waals surface area contributed by atoms with Gasteiger partial charge in [-0.15, -0.1) is 5.10 Å². The molecule has 0 atom stereocenters. The van der Waals surface area contributed by atoms with Crippen LogP contribution in [0.15, 0.2) is 0 Å². The number of nitrogens with two attached hydrogens (primary N) is 1. The maximum absolute atomic E-state index is 5.68. The van der Waals surface area contributed by atoms with Gasteiger partial charge in [-0.25, -0.2) is 0 Å². The first kappa shape index (κ1) is 10.4. The number of hydrogen-bond donors (Lipinski definition) is 1. The van der Waals surface area contributed by atoms with Crippen molar-refractivity contribution in [2.45, 2.75) is 26.3 Å². The molecule has 0 saturated heterocycles. The lowest BCUT2D eigenvalue weighted by atomic mass is 10.3. The average Bonchev–Trinajstić information content (AvgIpc) is 2.48. The molecule has 1 aromatic heterocycles. The van der Waals surface area contributed by atoms with Crippen molar-refractivity contribution in [1.82, 2.24) is 14.5 Å². The molecule has 1 rings (SSSR count). The van der Waals surface area contributed by atoms with Crippen LogP contribution in [0.5, 0.6) is 0 Å². The first-order valence-electron chi connectivity index (χ1n) is 4.49. The smallest absolute Gasteiger partial charge is 0.132 e. The zero-order valence-corrected chi connectivity index (χ0v) is 8.97. The summed E-state index contributed by atoms with van der Waals surface area (Å²) in [5.74, 6) is 0. The Morgan fingerprint density at radius 2 is 2.31 bits per heavy atom. The average molecular weight is 200 g/mol. The van der Waals surface area contributed by atoms with E-state index in [4.69, 9.17) is 5.73 Å². The monoisotopic (exact) mass is 200 g/mol. The van der Waals surface area contributed by atoms with Gasteiger partial charge < -0.3 is 10.6 Å². The molecule has 0 saturated carbocycles. The molecule has 1 heterocycles. The zero-order valence-electron chi connectivity index (χ0n) is 8.16. The predicted octanol–water partition coefficient (Wildman–Crippen LogP) is 1.35. The lowest BCUT2D eigenvalue weighted by Gasteiger charge is -2.14. The van der Waals surface area contributed by atoms with Crippen LogP contribution in [-0.2, 0) is 6.54 Å². The Bertz CT molecular complexity index is 248. The summed E-state index contributed by atoms with van der Waals surface area (Å²) < 4.78 is 3.80. The molecule has 0 aliphatic heterocycles. The van der Waals surface area contributed by atoms with Gasteiger partial charge in [-0.3, -0.25) is 0 Å². The maximum atomic E-state index is 5.68. The van der Waals surface area contributed by atoms with Gasteiger partial charge in [0, 0.05) is 18.1 Å². The zero-order chi connectivity index (χ0) is 9.68. The molecular weight excluding hydrogens is 184 g/mol. The third-order valence-electron chi connectivity index (χ3n) is 1.90. The van der Waals surface area contributed by atoms with Gasteiger partial charge in [-0.2, -0.15) is 0 Å². The van der Waals surface area contributed by atoms with Crippen molar-refractivity contribution < 1.29 is 0 Å². The van der Waals surface area contributed by atoms with Gasteiger partial charge in [-0.1, -0.05) is 17.8 Å². The number of rotatable bonds is 5. The number of nitrogen functional groups attached to an aromatic ring is 1. The minimum atomic E-state index is 0.739. The van der Waals surface area contributed by atoms with Gasteiger partial charge in [0.05, 0.1) is 0 Å². The van der Waals surface area contributed by atoms with Crippen LogP contribution in [0.1, 0.15) is 25.5 Å². The van der Waals surface area contributed by atoms with Gasteiger partial charge in [0.1, 0.15) is 10.7 Å². The molecule has 2 N–H and O–H groups in total. The number of nitrogens with zero attached hydrogens (tertiary/aromatic N) is 3. The van der Waals surface area contributed by atoms with Crippen LogP contribution in [-0.4, -0.2) is 28.1 Å². The van der Waals surface area contributed by atoms with Gasteiger partial charge in [-0.05, 0) is 20.0 Å². The van der Waals surface area contributed by atoms with Crippen LogP contribution in [0.4, 0.5) is 5.00 Å². The van der Waals surface area contributed by atoms with Crippen molar-refractivity contribution in [1.29, 1.82) is 0 Å². The van der Waals surface area contributed by atoms with E-state index in [9.17, 15) is 0 Å². The fourth-order valence-corrected chi connectivity index (χ4v) is 1.53. The Hall–Kier alpha value is -0.680. The third-order valence-corrected chi connectivity index (χ3v) is 2.49. The van der Waals surface area contributed by atoms with Gasteiger partial charge >= 0.3 is 0 Å². The SMILES string of the molecule is CCCCN(C)Cc1nnsc1N. The number of hydrogen-bond acceptors (Lipinski definition) is 5. The second-order valence-corrected chi connectivity index (χ2v) is 3.96. The normalized spacial score (nSPS) is 11.0. The first-order chi connectivity index (χ1) is 6.24. The van der Waals surface area contributed by atoms with Crippen LogP contribution < -0.4 is 5.73 Å². The van der Waals surface area contributed by atoms with Crippen LogP contribution in [0.2, 0.25) is 0 Å². The van der Waals surface area contributed by atoms with Crippen molar-refractivity contribution in [2.24, 2.45) is 0 Å². The molecule has 0 unspecified atom stereocenters. The Labute approximate surface area is 82.9 Å². The third kappa shape index (κ3) is 3.28. The van der Waals surface area contributed by atoms with E-state index in [-0.39, 0.29) is 0 Å². The fourth-order valence-electron chi connectivity index (χ4n) is 1.09. The molecule has 0 spiro atoms. The molecule has 13 heavy (non-hydrogen) atoms. The van der Waals surface area contributed by atoms with E-state index in [0.29, 0.717) is 0 Å². The highest BCUT2D eigenvalue weighted by Crippen LogP contribution is 2.13. The summed E-state index contributed by atoms with van der Waals surface area (Å²) in [4.78, 5) is 2.22. The van der Waals surface area contributed by atoms with Crippen molar-refractivity contribution in [3.8, 4) is 0 Å². The second-order valence-electron chi connectivity index (χ2n) is 3.18. The molecule has 5 heteroatoms. The maximum Gasteiger partial charge on any atom is 0.132 e. The van der Waals surface area contributed by atoms with E-state index in [1.165, 1.54) is 24.4 Å². The number of unbranched alkanes of at least 4 members (excludes halogenated alkanes) is 1. The molecule has 1 aromatic rings. The van der Waals surface area contributed by atoms with Gasteiger partial charge in [0.25, 0.3) is 0 Å². The molecule has 0 aliphatic carbocycles. The first-order valence-corrected chi connectivity index (χ1v) is 5.26. The number of anilines is 1. The Balaban J connectivity index is 2.36. The van der Waals surface area contributed by atoms with Crippen molar-refractivity contribution in [3.63, 3.8) is 0 Å². The molecule has 0 amide bonds. The minimum absolute atomic E-state index is 0.739. The van der Waals surface area contributed by atoms with Crippen molar-refractivity contribution in [2.75, 3.05) is 19.3 Å². The summed E-state index contributed by atoms with van der Waals surface area (Å²) in [5, 5.41) is 4.70. The summed E-state index contributed by atoms with van der Waals surface area (Å²) in [6, 6.07) is 0. The largest absolute Gasteiger partial charge is 0.388 e. The molecule has 0 radical (unpaired) electrons. The number of aromatic nitrogens is 2. The minimum Gasteiger partial charge on any atom is -0.388 e. The van der Waals surface area contributed by atoms with Crippen LogP contribution in [0, 0.1) is 0 Å². The van der Waals surface area contributed by atoms with E-state index in [2.05, 4.69) is 28.5 Å². The summed E-state index contributed by atoms with van der Waals surface area (Å²) in [7, 11) is 2.08. The van der Waals surface area contributed by atoms with Crippen molar-refractivity contribution in [3.05, 3.63) is 5.69 Å². The van der Waals surface area contributed by atoms with Crippen molar-refractivity contribution >= 4 is 16.5 Å². The standard InChI is InChI=1S/C8H16N4S/c1-3-4-5-12(2)6-7-8(9)13-11-10-7/h3-6,9H2,1-2H3. The highest BCUT2D eigenvalue weighted by Gasteiger charge is 2.06. The summed E-state index contributed by atoms with van der Waals surface area (Å²) in [6.45, 7) is 4.09.